The number of hydrogen-bond donors (Lipinski definition) is 2. The van der Waals surface area contributed by atoms with Gasteiger partial charge in [-0.2, -0.15) is 0 Å². The second kappa shape index (κ2) is 8.51. The number of anilines is 2. The normalized spacial score (nSPS) is 10.1. The highest BCUT2D eigenvalue weighted by Crippen LogP contribution is 2.31. The number of hydrazine groups is 1. The first-order chi connectivity index (χ1) is 12.9. The lowest BCUT2D eigenvalue weighted by Crippen LogP contribution is -2.31. The lowest BCUT2D eigenvalue weighted by molar-refractivity contribution is -0.384. The third-order valence-corrected chi connectivity index (χ3v) is 3.66. The van der Waals surface area contributed by atoms with Gasteiger partial charge in [-0.1, -0.05) is 6.07 Å². The van der Waals surface area contributed by atoms with Gasteiger partial charge in [-0.25, -0.2) is 9.97 Å². The van der Waals surface area contributed by atoms with Gasteiger partial charge in [0.15, 0.2) is 0 Å². The zero-order valence-electron chi connectivity index (χ0n) is 14.6. The molecule has 1 amide bonds. The van der Waals surface area contributed by atoms with E-state index in [1.54, 1.807) is 4.90 Å². The molecule has 27 heavy (non-hydrogen) atoms. The highest BCUT2D eigenvalue weighted by Gasteiger charge is 2.26. The van der Waals surface area contributed by atoms with Crippen LogP contribution in [0.2, 0.25) is 0 Å². The minimum absolute atomic E-state index is 0.0115. The summed E-state index contributed by atoms with van der Waals surface area (Å²) in [5.41, 5.74) is 4.02. The maximum absolute atomic E-state index is 12.2. The molecule has 0 fully saturated rings. The molecule has 0 saturated carbocycles. The molecule has 0 aliphatic heterocycles. The van der Waals surface area contributed by atoms with Crippen molar-refractivity contribution >= 4 is 28.9 Å². The summed E-state index contributed by atoms with van der Waals surface area (Å²) < 4.78 is 0. The number of nitro groups is 2. The van der Waals surface area contributed by atoms with Crippen LogP contribution in [0.15, 0.2) is 30.6 Å². The molecule has 0 radical (unpaired) electrons. The first-order valence-electron chi connectivity index (χ1n) is 7.94. The molecule has 1 aromatic heterocycles. The molecular weight excluding hydrogens is 358 g/mol. The summed E-state index contributed by atoms with van der Waals surface area (Å²) in [7, 11) is 0. The molecule has 2 aromatic rings. The molecule has 0 spiro atoms. The van der Waals surface area contributed by atoms with Crippen molar-refractivity contribution in [3.63, 3.8) is 0 Å². The van der Waals surface area contributed by atoms with Gasteiger partial charge in [0, 0.05) is 30.8 Å². The maximum Gasteiger partial charge on any atom is 0.355 e. The van der Waals surface area contributed by atoms with E-state index in [1.807, 2.05) is 13.8 Å². The third-order valence-electron chi connectivity index (χ3n) is 3.66. The molecule has 2 N–H and O–H groups in total. The van der Waals surface area contributed by atoms with Crippen molar-refractivity contribution in [2.75, 3.05) is 23.4 Å². The summed E-state index contributed by atoms with van der Waals surface area (Å²) in [6, 6.07) is 5.07. The Morgan fingerprint density at radius 2 is 1.85 bits per heavy atom. The average Bonchev–Trinajstić information content (AvgIpc) is 2.67. The molecule has 0 bridgehead atoms. The molecule has 12 heteroatoms. The Labute approximate surface area is 153 Å². The number of carbonyl (C=O) groups is 1. The van der Waals surface area contributed by atoms with Crippen molar-refractivity contribution in [1.29, 1.82) is 0 Å². The number of rotatable bonds is 8. The second-order valence-corrected chi connectivity index (χ2v) is 5.21. The lowest BCUT2D eigenvalue weighted by atomic mass is 10.2. The number of nitro benzene ring substituents is 1. The molecule has 142 valence electrons. The van der Waals surface area contributed by atoms with Gasteiger partial charge in [0.05, 0.1) is 9.85 Å². The van der Waals surface area contributed by atoms with Gasteiger partial charge < -0.3 is 4.90 Å². The van der Waals surface area contributed by atoms with Crippen molar-refractivity contribution in [3.8, 4) is 0 Å². The number of amides is 1. The minimum Gasteiger partial charge on any atom is -0.351 e. The van der Waals surface area contributed by atoms with Crippen LogP contribution in [0.3, 0.4) is 0 Å². The van der Waals surface area contributed by atoms with Crippen LogP contribution in [0.5, 0.6) is 0 Å². The Balaban J connectivity index is 2.26. The zero-order valence-corrected chi connectivity index (χ0v) is 14.6. The van der Waals surface area contributed by atoms with Crippen molar-refractivity contribution in [1.82, 2.24) is 15.4 Å². The first kappa shape index (κ1) is 19.5. The van der Waals surface area contributed by atoms with E-state index in [1.165, 1.54) is 18.2 Å². The quantitative estimate of drug-likeness (QED) is 0.519. The number of aromatic nitrogens is 2. The lowest BCUT2D eigenvalue weighted by Gasteiger charge is -2.20. The Kier molecular flexibility index (Phi) is 6.14. The molecule has 12 nitrogen and oxygen atoms in total. The van der Waals surface area contributed by atoms with E-state index in [0.717, 1.165) is 12.4 Å². The van der Waals surface area contributed by atoms with Gasteiger partial charge in [-0.3, -0.25) is 35.9 Å². The Hall–Kier alpha value is -3.83. The van der Waals surface area contributed by atoms with Gasteiger partial charge in [0.2, 0.25) is 11.6 Å². The summed E-state index contributed by atoms with van der Waals surface area (Å²) in [6.45, 7) is 4.64. The van der Waals surface area contributed by atoms with Crippen LogP contribution >= 0.6 is 0 Å². The van der Waals surface area contributed by atoms with Crippen LogP contribution in [0.1, 0.15) is 24.2 Å². The third kappa shape index (κ3) is 4.42. The molecule has 1 aromatic carbocycles. The molecule has 0 saturated heterocycles. The molecule has 0 aliphatic rings. The van der Waals surface area contributed by atoms with Gasteiger partial charge in [-0.05, 0) is 19.9 Å². The number of nitrogens with zero attached hydrogens (tertiary/aromatic N) is 5. The van der Waals surface area contributed by atoms with Gasteiger partial charge in [0.1, 0.15) is 6.33 Å². The van der Waals surface area contributed by atoms with Crippen LogP contribution in [0, 0.1) is 20.2 Å². The summed E-state index contributed by atoms with van der Waals surface area (Å²) in [4.78, 5) is 42.6. The van der Waals surface area contributed by atoms with E-state index in [2.05, 4.69) is 20.8 Å². The zero-order chi connectivity index (χ0) is 20.0. The van der Waals surface area contributed by atoms with Gasteiger partial charge >= 0.3 is 5.69 Å². The summed E-state index contributed by atoms with van der Waals surface area (Å²) in [6.07, 6.45) is 1.14. The van der Waals surface area contributed by atoms with Crippen molar-refractivity contribution in [2.45, 2.75) is 13.8 Å². The second-order valence-electron chi connectivity index (χ2n) is 5.21. The fraction of sp³-hybridized carbons (Fsp3) is 0.267. The molecule has 0 unspecified atom stereocenters. The van der Waals surface area contributed by atoms with Crippen molar-refractivity contribution < 1.29 is 14.6 Å². The smallest absolute Gasteiger partial charge is 0.351 e. The predicted molar refractivity (Wildman–Crippen MR) is 96.4 cm³/mol. The van der Waals surface area contributed by atoms with Crippen LogP contribution in [0.25, 0.3) is 0 Å². The highest BCUT2D eigenvalue weighted by molar-refractivity contribution is 5.95. The number of carbonyl (C=O) groups excluding carboxylic acids is 1. The summed E-state index contributed by atoms with van der Waals surface area (Å²) in [5, 5.41) is 22.3. The van der Waals surface area contributed by atoms with E-state index in [-0.39, 0.29) is 28.6 Å². The Morgan fingerprint density at radius 1 is 1.15 bits per heavy atom. The van der Waals surface area contributed by atoms with E-state index in [0.29, 0.717) is 13.1 Å². The minimum atomic E-state index is -0.712. The number of non-ortho nitro benzene ring substituents is 1. The molecular formula is C15H17N7O5. The van der Waals surface area contributed by atoms with E-state index in [4.69, 9.17) is 0 Å². The van der Waals surface area contributed by atoms with Crippen LogP contribution in [-0.4, -0.2) is 38.8 Å². The maximum atomic E-state index is 12.2. The average molecular weight is 375 g/mol. The van der Waals surface area contributed by atoms with E-state index >= 15 is 0 Å². The molecule has 0 atom stereocenters. The monoisotopic (exact) mass is 375 g/mol. The number of hydrogen-bond acceptors (Lipinski definition) is 9. The first-order valence-corrected chi connectivity index (χ1v) is 7.94. The van der Waals surface area contributed by atoms with Crippen molar-refractivity contribution in [3.05, 3.63) is 56.4 Å². The fourth-order valence-corrected chi connectivity index (χ4v) is 2.33. The largest absolute Gasteiger partial charge is 0.355 e. The van der Waals surface area contributed by atoms with Crippen LogP contribution < -0.4 is 15.8 Å². The van der Waals surface area contributed by atoms with E-state index in [9.17, 15) is 25.0 Å². The highest BCUT2D eigenvalue weighted by atomic mass is 16.6. The molecule has 1 heterocycles. The van der Waals surface area contributed by atoms with Gasteiger partial charge in [-0.15, -0.1) is 0 Å². The topological polar surface area (TPSA) is 156 Å². The number of benzene rings is 1. The predicted octanol–water partition coefficient (Wildman–Crippen LogP) is 1.90. The fourth-order valence-electron chi connectivity index (χ4n) is 2.33. The number of nitrogens with one attached hydrogen (secondary N) is 2. The molecule has 2 rings (SSSR count). The SMILES string of the molecule is CCN(CC)c1ncnc(NNC(=O)c2cccc([N+](=O)[O-])c2)c1[N+](=O)[O-]. The molecule has 0 aliphatic carbocycles. The van der Waals surface area contributed by atoms with Crippen molar-refractivity contribution in [2.24, 2.45) is 0 Å². The Bertz CT molecular complexity index is 869. The summed E-state index contributed by atoms with van der Waals surface area (Å²) >= 11 is 0. The Morgan fingerprint density at radius 3 is 2.44 bits per heavy atom. The van der Waals surface area contributed by atoms with Crippen LogP contribution in [0.4, 0.5) is 23.0 Å². The van der Waals surface area contributed by atoms with E-state index < -0.39 is 15.8 Å². The summed E-state index contributed by atoms with van der Waals surface area (Å²) in [5.74, 6) is -0.793. The van der Waals surface area contributed by atoms with Crippen LogP contribution in [-0.2, 0) is 0 Å². The van der Waals surface area contributed by atoms with Gasteiger partial charge in [0.25, 0.3) is 11.6 Å². The standard InChI is InChI=1S/C15H17N7O5/c1-3-20(4-2)14-12(22(26)27)13(16-9-17-14)18-19-15(23)10-6-5-7-11(8-10)21(24)25/h5-9H,3-4H2,1-2H3,(H,19,23)(H,16,17,18).